The van der Waals surface area contributed by atoms with Crippen LogP contribution in [0.5, 0.6) is 0 Å². The van der Waals surface area contributed by atoms with Gasteiger partial charge in [0.25, 0.3) is 0 Å². The SMILES string of the molecule is CC(C)OCCOCCOCCOCCOCCOCCOCCOCCOCCOCCOCCOCCOCC(=O)OC(C)(C)C. The number of carbonyl (C=O) groups excluding carboxylic acids is 1. The molecule has 0 saturated heterocycles. The second-order valence-corrected chi connectivity index (χ2v) is 11.3. The van der Waals surface area contributed by atoms with Gasteiger partial charge in [-0.05, 0) is 34.6 Å². The highest BCUT2D eigenvalue weighted by molar-refractivity contribution is 5.71. The lowest BCUT2D eigenvalue weighted by molar-refractivity contribution is -0.160. The van der Waals surface area contributed by atoms with E-state index < -0.39 is 5.60 Å². The van der Waals surface area contributed by atoms with Crippen LogP contribution in [0.25, 0.3) is 0 Å². The Morgan fingerprint density at radius 3 is 0.792 bits per heavy atom. The molecule has 0 saturated carbocycles. The Morgan fingerprint density at radius 1 is 0.375 bits per heavy atom. The fraction of sp³-hybridized carbons (Fsp3) is 0.970. The van der Waals surface area contributed by atoms with Crippen LogP contribution < -0.4 is 0 Å². The zero-order valence-corrected chi connectivity index (χ0v) is 30.4. The summed E-state index contributed by atoms with van der Waals surface area (Å²) in [6.45, 7) is 21.2. The minimum atomic E-state index is -0.512. The molecular formula is C33H66O15. The Morgan fingerprint density at radius 2 is 0.583 bits per heavy atom. The van der Waals surface area contributed by atoms with Gasteiger partial charge >= 0.3 is 5.97 Å². The van der Waals surface area contributed by atoms with Crippen LogP contribution in [0.15, 0.2) is 0 Å². The molecule has 0 aromatic rings. The molecule has 0 aromatic carbocycles. The van der Waals surface area contributed by atoms with Crippen LogP contribution in [0.4, 0.5) is 0 Å². The molecule has 0 aliphatic heterocycles. The van der Waals surface area contributed by atoms with Crippen LogP contribution >= 0.6 is 0 Å². The third-order valence-corrected chi connectivity index (χ3v) is 5.41. The van der Waals surface area contributed by atoms with Crippen molar-refractivity contribution in [2.24, 2.45) is 0 Å². The van der Waals surface area contributed by atoms with E-state index in [4.69, 9.17) is 66.3 Å². The standard InChI is InChI=1S/C33H66O15/c1-31(2)47-29-28-45-25-24-43-21-20-41-17-16-39-13-12-37-9-8-35-6-7-36-10-11-38-14-15-40-18-19-42-22-23-44-26-27-46-30-32(34)48-33(3,4)5/h31H,6-30H2,1-5H3. The Balaban J connectivity index is 3.09. The van der Waals surface area contributed by atoms with Gasteiger partial charge in [-0.2, -0.15) is 0 Å². The molecule has 0 amide bonds. The number of rotatable bonds is 39. The molecule has 0 bridgehead atoms. The van der Waals surface area contributed by atoms with Gasteiger partial charge < -0.3 is 66.3 Å². The van der Waals surface area contributed by atoms with Gasteiger partial charge in [-0.3, -0.25) is 0 Å². The van der Waals surface area contributed by atoms with Crippen LogP contribution in [0.2, 0.25) is 0 Å². The first-order chi connectivity index (χ1) is 23.3. The van der Waals surface area contributed by atoms with Gasteiger partial charge in [0, 0.05) is 0 Å². The monoisotopic (exact) mass is 702 g/mol. The van der Waals surface area contributed by atoms with Crippen LogP contribution in [-0.4, -0.2) is 183 Å². The summed E-state index contributed by atoms with van der Waals surface area (Å²) >= 11 is 0. The minimum Gasteiger partial charge on any atom is -0.458 e. The van der Waals surface area contributed by atoms with Gasteiger partial charge in [0.05, 0.1) is 165 Å². The highest BCUT2D eigenvalue weighted by Gasteiger charge is 2.15. The van der Waals surface area contributed by atoms with E-state index >= 15 is 0 Å². The third kappa shape index (κ3) is 43.0. The molecule has 0 aliphatic rings. The third-order valence-electron chi connectivity index (χ3n) is 5.41. The van der Waals surface area contributed by atoms with Crippen molar-refractivity contribution in [1.82, 2.24) is 0 Å². The first kappa shape index (κ1) is 47.0. The van der Waals surface area contributed by atoms with Crippen LogP contribution in [0.1, 0.15) is 34.6 Å². The molecule has 0 atom stereocenters. The van der Waals surface area contributed by atoms with E-state index in [9.17, 15) is 4.79 Å². The molecule has 0 rings (SSSR count). The molecule has 0 aliphatic carbocycles. The lowest BCUT2D eigenvalue weighted by Crippen LogP contribution is -2.27. The van der Waals surface area contributed by atoms with Crippen molar-refractivity contribution < 1.29 is 71.1 Å². The number of hydrogen-bond acceptors (Lipinski definition) is 15. The number of hydrogen-bond donors (Lipinski definition) is 0. The topological polar surface area (TPSA) is 146 Å². The molecule has 48 heavy (non-hydrogen) atoms. The van der Waals surface area contributed by atoms with Gasteiger partial charge in [0.1, 0.15) is 12.2 Å². The number of ether oxygens (including phenoxy) is 14. The summed E-state index contributed by atoms with van der Waals surface area (Å²) in [6, 6.07) is 0. The summed E-state index contributed by atoms with van der Waals surface area (Å²) in [5.41, 5.74) is -0.512. The predicted molar refractivity (Wildman–Crippen MR) is 177 cm³/mol. The molecule has 15 heteroatoms. The maximum absolute atomic E-state index is 11.5. The molecule has 288 valence electrons. The molecule has 0 heterocycles. The summed E-state index contributed by atoms with van der Waals surface area (Å²) < 4.78 is 75.7. The fourth-order valence-corrected chi connectivity index (χ4v) is 3.29. The average Bonchev–Trinajstić information content (AvgIpc) is 3.03. The zero-order chi connectivity index (χ0) is 35.2. The molecule has 0 aromatic heterocycles. The van der Waals surface area contributed by atoms with E-state index in [2.05, 4.69) is 0 Å². The van der Waals surface area contributed by atoms with E-state index in [-0.39, 0.29) is 18.7 Å². The quantitative estimate of drug-likeness (QED) is 0.0679. The molecule has 0 fully saturated rings. The van der Waals surface area contributed by atoms with Gasteiger partial charge in [-0.25, -0.2) is 4.79 Å². The number of carbonyl (C=O) groups is 1. The van der Waals surface area contributed by atoms with E-state index in [1.165, 1.54) is 0 Å². The smallest absolute Gasteiger partial charge is 0.332 e. The van der Waals surface area contributed by atoms with Crippen LogP contribution in [0.3, 0.4) is 0 Å². The minimum absolute atomic E-state index is 0.0839. The van der Waals surface area contributed by atoms with Crippen molar-refractivity contribution in [3.8, 4) is 0 Å². The maximum atomic E-state index is 11.5. The molecule has 0 N–H and O–H groups in total. The number of esters is 1. The molecule has 0 spiro atoms. The van der Waals surface area contributed by atoms with Crippen molar-refractivity contribution >= 4 is 5.97 Å². The van der Waals surface area contributed by atoms with Crippen LogP contribution in [-0.2, 0) is 71.1 Å². The van der Waals surface area contributed by atoms with Crippen molar-refractivity contribution in [3.63, 3.8) is 0 Å². The highest BCUT2D eigenvalue weighted by Crippen LogP contribution is 2.06. The first-order valence-electron chi connectivity index (χ1n) is 17.1. The molecule has 0 unspecified atom stereocenters. The Labute approximate surface area is 288 Å². The van der Waals surface area contributed by atoms with Crippen molar-refractivity contribution in [1.29, 1.82) is 0 Å². The lowest BCUT2D eigenvalue weighted by Gasteiger charge is -2.19. The van der Waals surface area contributed by atoms with E-state index in [1.807, 2.05) is 34.6 Å². The Kier molecular flexibility index (Phi) is 36.4. The van der Waals surface area contributed by atoms with Gasteiger partial charge in [-0.1, -0.05) is 0 Å². The summed E-state index contributed by atoms with van der Waals surface area (Å²) in [7, 11) is 0. The zero-order valence-electron chi connectivity index (χ0n) is 30.4. The van der Waals surface area contributed by atoms with E-state index in [1.54, 1.807) is 0 Å². The molecule has 15 nitrogen and oxygen atoms in total. The van der Waals surface area contributed by atoms with E-state index in [0.717, 1.165) is 0 Å². The van der Waals surface area contributed by atoms with Gasteiger partial charge in [-0.15, -0.1) is 0 Å². The van der Waals surface area contributed by atoms with Crippen molar-refractivity contribution in [2.45, 2.75) is 46.3 Å². The first-order valence-corrected chi connectivity index (χ1v) is 17.1. The molecular weight excluding hydrogens is 636 g/mol. The maximum Gasteiger partial charge on any atom is 0.332 e. The Bertz CT molecular complexity index is 649. The average molecular weight is 703 g/mol. The van der Waals surface area contributed by atoms with Crippen molar-refractivity contribution in [2.75, 3.05) is 165 Å². The lowest BCUT2D eigenvalue weighted by atomic mass is 10.2. The summed E-state index contributed by atoms with van der Waals surface area (Å²) in [4.78, 5) is 11.5. The second kappa shape index (κ2) is 37.2. The highest BCUT2D eigenvalue weighted by atomic mass is 16.6. The van der Waals surface area contributed by atoms with Gasteiger partial charge in [0.15, 0.2) is 0 Å². The largest absolute Gasteiger partial charge is 0.458 e. The summed E-state index contributed by atoms with van der Waals surface area (Å²) in [5.74, 6) is -0.387. The summed E-state index contributed by atoms with van der Waals surface area (Å²) in [5, 5.41) is 0. The summed E-state index contributed by atoms with van der Waals surface area (Å²) in [6.07, 6.45) is 0.227. The normalized spacial score (nSPS) is 12.0. The second-order valence-electron chi connectivity index (χ2n) is 11.3. The molecule has 0 radical (unpaired) electrons. The van der Waals surface area contributed by atoms with Crippen molar-refractivity contribution in [3.05, 3.63) is 0 Å². The fourth-order valence-electron chi connectivity index (χ4n) is 3.29. The Hall–Kier alpha value is -1.05. The van der Waals surface area contributed by atoms with Gasteiger partial charge in [0.2, 0.25) is 0 Å². The van der Waals surface area contributed by atoms with Crippen LogP contribution in [0, 0.1) is 0 Å². The van der Waals surface area contributed by atoms with E-state index in [0.29, 0.717) is 159 Å². The predicted octanol–water partition coefficient (Wildman–Crippen LogP) is 1.95.